The van der Waals surface area contributed by atoms with Crippen LogP contribution in [0.5, 0.6) is 0 Å². The van der Waals surface area contributed by atoms with Crippen molar-refractivity contribution in [3.63, 3.8) is 0 Å². The predicted molar refractivity (Wildman–Crippen MR) is 73.6 cm³/mol. The summed E-state index contributed by atoms with van der Waals surface area (Å²) < 4.78 is 0. The molecule has 1 amide bonds. The number of carbonyl (C=O) groups is 2. The Hall–Kier alpha value is -2.04. The van der Waals surface area contributed by atoms with E-state index in [-0.39, 0.29) is 18.7 Å². The molecule has 0 spiro atoms. The van der Waals surface area contributed by atoms with Crippen LogP contribution in [0.25, 0.3) is 0 Å². The number of fused-ring (bicyclic) bond motifs is 1. The van der Waals surface area contributed by atoms with Gasteiger partial charge in [0.25, 0.3) is 0 Å². The fourth-order valence-corrected chi connectivity index (χ4v) is 2.29. The van der Waals surface area contributed by atoms with Gasteiger partial charge in [-0.15, -0.1) is 0 Å². The zero-order valence-electron chi connectivity index (χ0n) is 11.0. The minimum Gasteiger partial charge on any atom is -0.481 e. The molecule has 0 fully saturated rings. The Labute approximate surface area is 112 Å². The van der Waals surface area contributed by atoms with Crippen molar-refractivity contribution in [2.45, 2.75) is 19.3 Å². The van der Waals surface area contributed by atoms with E-state index in [4.69, 9.17) is 5.11 Å². The van der Waals surface area contributed by atoms with Crippen LogP contribution >= 0.6 is 0 Å². The van der Waals surface area contributed by atoms with Gasteiger partial charge in [0.2, 0.25) is 5.91 Å². The zero-order valence-corrected chi connectivity index (χ0v) is 11.0. The molecule has 0 bridgehead atoms. The molecule has 1 aliphatic heterocycles. The van der Waals surface area contributed by atoms with E-state index in [1.807, 2.05) is 31.3 Å². The van der Waals surface area contributed by atoms with Crippen LogP contribution < -0.4 is 9.80 Å². The molecule has 1 N–H and O–H groups in total. The minimum absolute atomic E-state index is 0.00167. The van der Waals surface area contributed by atoms with Crippen molar-refractivity contribution < 1.29 is 14.7 Å². The Bertz CT molecular complexity index is 487. The lowest BCUT2D eigenvalue weighted by Gasteiger charge is -2.35. The summed E-state index contributed by atoms with van der Waals surface area (Å²) in [6, 6.07) is 7.79. The summed E-state index contributed by atoms with van der Waals surface area (Å²) in [4.78, 5) is 26.5. The minimum atomic E-state index is -0.855. The number of hydrogen-bond donors (Lipinski definition) is 1. The first-order chi connectivity index (χ1) is 9.09. The summed E-state index contributed by atoms with van der Waals surface area (Å²) in [5, 5.41) is 8.60. The molecule has 0 aromatic heterocycles. The Morgan fingerprint density at radius 1 is 1.16 bits per heavy atom. The average Bonchev–Trinajstić information content (AvgIpc) is 2.39. The lowest BCUT2D eigenvalue weighted by molar-refractivity contribution is -0.137. The highest BCUT2D eigenvalue weighted by Crippen LogP contribution is 2.32. The van der Waals surface area contributed by atoms with Gasteiger partial charge in [0.1, 0.15) is 0 Å². The molecule has 5 heteroatoms. The molecule has 5 nitrogen and oxygen atoms in total. The monoisotopic (exact) mass is 262 g/mol. The van der Waals surface area contributed by atoms with Crippen molar-refractivity contribution in [3.8, 4) is 0 Å². The van der Waals surface area contributed by atoms with Gasteiger partial charge in [0.05, 0.1) is 11.4 Å². The molecule has 0 saturated carbocycles. The van der Waals surface area contributed by atoms with Crippen molar-refractivity contribution in [1.29, 1.82) is 0 Å². The van der Waals surface area contributed by atoms with Crippen LogP contribution in [0.2, 0.25) is 0 Å². The maximum absolute atomic E-state index is 12.2. The van der Waals surface area contributed by atoms with Crippen LogP contribution in [0, 0.1) is 0 Å². The number of para-hydroxylation sites is 2. The maximum atomic E-state index is 12.2. The molecule has 1 heterocycles. The first-order valence-electron chi connectivity index (χ1n) is 6.42. The smallest absolute Gasteiger partial charge is 0.303 e. The molecule has 0 radical (unpaired) electrons. The number of aliphatic carboxylic acids is 1. The number of hydrogen-bond acceptors (Lipinski definition) is 3. The SMILES string of the molecule is CN1CCN(C(=O)CCCC(=O)O)c2ccccc21. The number of nitrogens with zero attached hydrogens (tertiary/aromatic N) is 2. The summed E-state index contributed by atoms with van der Waals surface area (Å²) in [6.07, 6.45) is 0.716. The molecule has 0 unspecified atom stereocenters. The average molecular weight is 262 g/mol. The lowest BCUT2D eigenvalue weighted by atomic mass is 10.1. The van der Waals surface area contributed by atoms with E-state index in [2.05, 4.69) is 4.90 Å². The summed E-state index contributed by atoms with van der Waals surface area (Å²) in [5.41, 5.74) is 1.96. The highest BCUT2D eigenvalue weighted by atomic mass is 16.4. The highest BCUT2D eigenvalue weighted by molar-refractivity contribution is 5.97. The second-order valence-corrected chi connectivity index (χ2v) is 4.70. The Morgan fingerprint density at radius 2 is 1.84 bits per heavy atom. The molecular formula is C14H18N2O3. The van der Waals surface area contributed by atoms with Gasteiger partial charge in [0, 0.05) is 33.0 Å². The second-order valence-electron chi connectivity index (χ2n) is 4.70. The molecule has 102 valence electrons. The number of carboxylic acid groups (broad SMARTS) is 1. The fraction of sp³-hybridized carbons (Fsp3) is 0.429. The third kappa shape index (κ3) is 3.05. The number of rotatable bonds is 4. The van der Waals surface area contributed by atoms with Crippen LogP contribution in [0.3, 0.4) is 0 Å². The van der Waals surface area contributed by atoms with E-state index in [1.165, 1.54) is 0 Å². The number of likely N-dealkylation sites (N-methyl/N-ethyl adjacent to an activating group) is 1. The van der Waals surface area contributed by atoms with Crippen molar-refractivity contribution in [2.75, 3.05) is 29.9 Å². The Balaban J connectivity index is 2.07. The maximum Gasteiger partial charge on any atom is 0.303 e. The van der Waals surface area contributed by atoms with E-state index < -0.39 is 5.97 Å². The van der Waals surface area contributed by atoms with Gasteiger partial charge in [-0.05, 0) is 18.6 Å². The largest absolute Gasteiger partial charge is 0.481 e. The standard InChI is InChI=1S/C14H18N2O3/c1-15-9-10-16(12-6-3-2-5-11(12)15)13(17)7-4-8-14(18)19/h2-3,5-6H,4,7-10H2,1H3,(H,18,19). The first-order valence-corrected chi connectivity index (χ1v) is 6.42. The molecule has 2 rings (SSSR count). The van der Waals surface area contributed by atoms with E-state index in [9.17, 15) is 9.59 Å². The van der Waals surface area contributed by atoms with Crippen LogP contribution in [0.1, 0.15) is 19.3 Å². The molecule has 1 aliphatic rings. The molecule has 19 heavy (non-hydrogen) atoms. The number of amides is 1. The van der Waals surface area contributed by atoms with Gasteiger partial charge < -0.3 is 14.9 Å². The quantitative estimate of drug-likeness (QED) is 0.897. The highest BCUT2D eigenvalue weighted by Gasteiger charge is 2.24. The topological polar surface area (TPSA) is 60.9 Å². The van der Waals surface area contributed by atoms with Gasteiger partial charge >= 0.3 is 5.97 Å². The van der Waals surface area contributed by atoms with Crippen LogP contribution in [0.4, 0.5) is 11.4 Å². The van der Waals surface area contributed by atoms with E-state index >= 15 is 0 Å². The summed E-state index contributed by atoms with van der Waals surface area (Å²) in [5.74, 6) is -0.853. The van der Waals surface area contributed by atoms with Crippen LogP contribution in [0.15, 0.2) is 24.3 Å². The lowest BCUT2D eigenvalue weighted by Crippen LogP contribution is -2.42. The van der Waals surface area contributed by atoms with Gasteiger partial charge in [0.15, 0.2) is 0 Å². The first kappa shape index (κ1) is 13.4. The Morgan fingerprint density at radius 3 is 2.53 bits per heavy atom. The summed E-state index contributed by atoms with van der Waals surface area (Å²) >= 11 is 0. The summed E-state index contributed by atoms with van der Waals surface area (Å²) in [6.45, 7) is 1.45. The predicted octanol–water partition coefficient (Wildman–Crippen LogP) is 1.72. The van der Waals surface area contributed by atoms with Crippen molar-refractivity contribution in [1.82, 2.24) is 0 Å². The number of carbonyl (C=O) groups excluding carboxylic acids is 1. The third-order valence-electron chi connectivity index (χ3n) is 3.33. The fourth-order valence-electron chi connectivity index (χ4n) is 2.29. The van der Waals surface area contributed by atoms with Gasteiger partial charge in [-0.2, -0.15) is 0 Å². The van der Waals surface area contributed by atoms with E-state index in [1.54, 1.807) is 4.90 Å². The Kier molecular flexibility index (Phi) is 4.04. The number of anilines is 2. The van der Waals surface area contributed by atoms with E-state index in [0.29, 0.717) is 13.0 Å². The van der Waals surface area contributed by atoms with Crippen molar-refractivity contribution in [2.24, 2.45) is 0 Å². The third-order valence-corrected chi connectivity index (χ3v) is 3.33. The van der Waals surface area contributed by atoms with Gasteiger partial charge in [-0.1, -0.05) is 12.1 Å². The second kappa shape index (κ2) is 5.73. The number of benzene rings is 1. The molecule has 0 saturated heterocycles. The molecule has 0 aliphatic carbocycles. The van der Waals surface area contributed by atoms with Crippen LogP contribution in [-0.2, 0) is 9.59 Å². The molecule has 1 aromatic carbocycles. The molecular weight excluding hydrogens is 244 g/mol. The van der Waals surface area contributed by atoms with Crippen molar-refractivity contribution in [3.05, 3.63) is 24.3 Å². The summed E-state index contributed by atoms with van der Waals surface area (Å²) in [7, 11) is 2.01. The van der Waals surface area contributed by atoms with Gasteiger partial charge in [-0.25, -0.2) is 0 Å². The van der Waals surface area contributed by atoms with Gasteiger partial charge in [-0.3, -0.25) is 9.59 Å². The molecule has 1 aromatic rings. The zero-order chi connectivity index (χ0) is 13.8. The normalized spacial score (nSPS) is 14.2. The molecule has 0 atom stereocenters. The van der Waals surface area contributed by atoms with E-state index in [0.717, 1.165) is 17.9 Å². The van der Waals surface area contributed by atoms with Crippen molar-refractivity contribution >= 4 is 23.3 Å². The number of carboxylic acids is 1. The van der Waals surface area contributed by atoms with Crippen LogP contribution in [-0.4, -0.2) is 37.1 Å².